The molecule has 2 aromatic heterocycles. The first kappa shape index (κ1) is 19.6. The van der Waals surface area contributed by atoms with Gasteiger partial charge in [0.1, 0.15) is 0 Å². The lowest BCUT2D eigenvalue weighted by atomic mass is 10.0. The van der Waals surface area contributed by atoms with Gasteiger partial charge in [-0.3, -0.25) is 4.79 Å². The molecule has 8 heteroatoms. The maximum Gasteiger partial charge on any atom is 0.251 e. The van der Waals surface area contributed by atoms with Gasteiger partial charge < -0.3 is 10.6 Å². The molecule has 0 aliphatic carbocycles. The number of hydrogen-bond donors (Lipinski definition) is 2. The van der Waals surface area contributed by atoms with E-state index in [0.29, 0.717) is 17.0 Å². The average molecular weight is 423 g/mol. The van der Waals surface area contributed by atoms with Crippen LogP contribution in [-0.2, 0) is 0 Å². The van der Waals surface area contributed by atoms with Crippen molar-refractivity contribution in [3.8, 4) is 0 Å². The molecule has 0 aliphatic heterocycles. The zero-order valence-electron chi connectivity index (χ0n) is 17.4. The number of benzene rings is 3. The Kier molecular flexibility index (Phi) is 5.17. The number of aromatic nitrogens is 5. The quantitative estimate of drug-likeness (QED) is 0.423. The number of para-hydroxylation sites is 2. The lowest BCUT2D eigenvalue weighted by molar-refractivity contribution is 0.0935. The molecule has 5 aromatic rings. The van der Waals surface area contributed by atoms with E-state index in [9.17, 15) is 4.79 Å². The summed E-state index contributed by atoms with van der Waals surface area (Å²) in [6.07, 6.45) is 0.811. The van der Waals surface area contributed by atoms with Crippen molar-refractivity contribution in [2.75, 3.05) is 5.32 Å². The Bertz CT molecular complexity index is 1380. The van der Waals surface area contributed by atoms with Crippen molar-refractivity contribution in [3.63, 3.8) is 0 Å². The summed E-state index contributed by atoms with van der Waals surface area (Å²) in [6.45, 7) is 2.06. The van der Waals surface area contributed by atoms with E-state index in [1.54, 1.807) is 16.6 Å². The van der Waals surface area contributed by atoms with Crippen molar-refractivity contribution in [1.29, 1.82) is 0 Å². The third-order valence-corrected chi connectivity index (χ3v) is 5.35. The van der Waals surface area contributed by atoms with Gasteiger partial charge in [0.05, 0.1) is 17.1 Å². The number of carbonyl (C=O) groups is 1. The molecule has 1 atom stereocenters. The van der Waals surface area contributed by atoms with Gasteiger partial charge in [-0.25, -0.2) is 4.98 Å². The minimum atomic E-state index is -0.111. The van der Waals surface area contributed by atoms with E-state index in [0.717, 1.165) is 28.7 Å². The Labute approximate surface area is 184 Å². The van der Waals surface area contributed by atoms with Crippen LogP contribution in [0.1, 0.15) is 35.3 Å². The summed E-state index contributed by atoms with van der Waals surface area (Å²) in [5.74, 6) is 0.432. The molecular weight excluding hydrogens is 402 g/mol. The van der Waals surface area contributed by atoms with Gasteiger partial charge in [0.25, 0.3) is 5.91 Å². The van der Waals surface area contributed by atoms with E-state index in [1.807, 2.05) is 66.7 Å². The van der Waals surface area contributed by atoms with Gasteiger partial charge in [-0.05, 0) is 58.8 Å². The first-order valence-electron chi connectivity index (χ1n) is 10.4. The summed E-state index contributed by atoms with van der Waals surface area (Å²) in [7, 11) is 0. The monoisotopic (exact) mass is 423 g/mol. The van der Waals surface area contributed by atoms with Crippen LogP contribution in [-0.4, -0.2) is 30.9 Å². The molecule has 0 radical (unpaired) electrons. The summed E-state index contributed by atoms with van der Waals surface area (Å²) in [5.41, 5.74) is 4.59. The summed E-state index contributed by atoms with van der Waals surface area (Å²) in [6, 6.07) is 24.9. The minimum absolute atomic E-state index is 0.0305. The molecular formula is C24H21N7O. The lowest BCUT2D eigenvalue weighted by Gasteiger charge is -2.17. The van der Waals surface area contributed by atoms with Crippen molar-refractivity contribution < 1.29 is 4.79 Å². The number of tetrazole rings is 1. The second-order valence-corrected chi connectivity index (χ2v) is 7.41. The Hall–Kier alpha value is -4.33. The van der Waals surface area contributed by atoms with Gasteiger partial charge in [-0.1, -0.05) is 49.4 Å². The average Bonchev–Trinajstić information content (AvgIpc) is 3.34. The molecule has 0 aliphatic rings. The second-order valence-electron chi connectivity index (χ2n) is 7.41. The number of fused-ring (bicyclic) bond motifs is 3. The molecule has 158 valence electrons. The van der Waals surface area contributed by atoms with E-state index in [2.05, 4.69) is 38.1 Å². The van der Waals surface area contributed by atoms with Crippen LogP contribution < -0.4 is 10.6 Å². The molecule has 5 rings (SSSR count). The highest BCUT2D eigenvalue weighted by Crippen LogP contribution is 2.23. The molecule has 2 heterocycles. The van der Waals surface area contributed by atoms with Crippen molar-refractivity contribution >= 4 is 34.1 Å². The Morgan fingerprint density at radius 3 is 2.50 bits per heavy atom. The highest BCUT2D eigenvalue weighted by Gasteiger charge is 2.15. The minimum Gasteiger partial charge on any atom is -0.345 e. The van der Waals surface area contributed by atoms with E-state index >= 15 is 0 Å². The fourth-order valence-corrected chi connectivity index (χ4v) is 3.68. The number of anilines is 2. The van der Waals surface area contributed by atoms with Gasteiger partial charge in [0.15, 0.2) is 5.82 Å². The SMILES string of the molecule is CCC(NC(=O)c1ccc(Nc2nc3ccccc3n3nnnc23)cc1)c1ccccc1. The van der Waals surface area contributed by atoms with E-state index in [-0.39, 0.29) is 11.9 Å². The normalized spacial score (nSPS) is 12.0. The first-order chi connectivity index (χ1) is 15.7. The van der Waals surface area contributed by atoms with Crippen LogP contribution >= 0.6 is 0 Å². The Balaban J connectivity index is 1.36. The molecule has 0 fully saturated rings. The Morgan fingerprint density at radius 1 is 0.969 bits per heavy atom. The van der Waals surface area contributed by atoms with Gasteiger partial charge >= 0.3 is 0 Å². The molecule has 0 saturated heterocycles. The van der Waals surface area contributed by atoms with Crippen molar-refractivity contribution in [1.82, 2.24) is 30.3 Å². The van der Waals surface area contributed by atoms with Crippen molar-refractivity contribution in [2.45, 2.75) is 19.4 Å². The molecule has 32 heavy (non-hydrogen) atoms. The maximum absolute atomic E-state index is 12.8. The zero-order chi connectivity index (χ0) is 21.9. The smallest absolute Gasteiger partial charge is 0.251 e. The molecule has 8 nitrogen and oxygen atoms in total. The molecule has 0 spiro atoms. The van der Waals surface area contributed by atoms with E-state index in [4.69, 9.17) is 0 Å². The highest BCUT2D eigenvalue weighted by atomic mass is 16.1. The van der Waals surface area contributed by atoms with Gasteiger partial charge in [-0.2, -0.15) is 4.52 Å². The fraction of sp³-hybridized carbons (Fsp3) is 0.125. The molecule has 1 unspecified atom stereocenters. The summed E-state index contributed by atoms with van der Waals surface area (Å²) in [5, 5.41) is 18.3. The number of rotatable bonds is 6. The van der Waals surface area contributed by atoms with Crippen LogP contribution in [0.5, 0.6) is 0 Å². The third-order valence-electron chi connectivity index (χ3n) is 5.35. The zero-order valence-corrected chi connectivity index (χ0v) is 17.4. The van der Waals surface area contributed by atoms with Crippen LogP contribution in [0.2, 0.25) is 0 Å². The summed E-state index contributed by atoms with van der Waals surface area (Å²) in [4.78, 5) is 17.4. The maximum atomic E-state index is 12.8. The lowest BCUT2D eigenvalue weighted by Crippen LogP contribution is -2.28. The Morgan fingerprint density at radius 2 is 1.72 bits per heavy atom. The first-order valence-corrected chi connectivity index (χ1v) is 10.4. The van der Waals surface area contributed by atoms with Crippen LogP contribution in [0.4, 0.5) is 11.5 Å². The topological polar surface area (TPSA) is 97.1 Å². The molecule has 1 amide bonds. The van der Waals surface area contributed by atoms with Gasteiger partial charge in [0, 0.05) is 11.3 Å². The molecule has 0 saturated carbocycles. The van der Waals surface area contributed by atoms with Crippen LogP contribution in [0.25, 0.3) is 16.7 Å². The van der Waals surface area contributed by atoms with E-state index in [1.165, 1.54) is 0 Å². The third kappa shape index (κ3) is 3.74. The molecule has 3 aromatic carbocycles. The van der Waals surface area contributed by atoms with Crippen molar-refractivity contribution in [2.24, 2.45) is 0 Å². The molecule has 0 bridgehead atoms. The number of nitrogens with zero attached hydrogens (tertiary/aromatic N) is 5. The van der Waals surface area contributed by atoms with Gasteiger partial charge in [0.2, 0.25) is 5.65 Å². The van der Waals surface area contributed by atoms with Crippen LogP contribution in [0, 0.1) is 0 Å². The highest BCUT2D eigenvalue weighted by molar-refractivity contribution is 5.95. The fourth-order valence-electron chi connectivity index (χ4n) is 3.68. The van der Waals surface area contributed by atoms with Crippen molar-refractivity contribution in [3.05, 3.63) is 90.0 Å². The van der Waals surface area contributed by atoms with Crippen LogP contribution in [0.3, 0.4) is 0 Å². The van der Waals surface area contributed by atoms with Gasteiger partial charge in [-0.15, -0.1) is 5.10 Å². The number of carbonyl (C=O) groups excluding carboxylic acids is 1. The number of nitrogens with one attached hydrogen (secondary N) is 2. The van der Waals surface area contributed by atoms with Crippen LogP contribution in [0.15, 0.2) is 78.9 Å². The second kappa shape index (κ2) is 8.43. The largest absolute Gasteiger partial charge is 0.345 e. The predicted molar refractivity (Wildman–Crippen MR) is 123 cm³/mol. The number of amides is 1. The van der Waals surface area contributed by atoms with E-state index < -0.39 is 0 Å². The predicted octanol–water partition coefficient (Wildman–Crippen LogP) is 4.30. The molecule has 2 N–H and O–H groups in total. The summed E-state index contributed by atoms with van der Waals surface area (Å²) >= 11 is 0. The summed E-state index contributed by atoms with van der Waals surface area (Å²) < 4.78 is 1.65. The number of hydrogen-bond acceptors (Lipinski definition) is 6. The standard InChI is InChI=1S/C24H21N7O/c1-2-19(16-8-4-3-5-9-16)27-24(32)17-12-14-18(15-13-17)25-22-23-28-29-30-31(23)21-11-7-6-10-20(21)26-22/h3-15,19H,2H2,1H3,(H,25,26)(H,27,32).